The molecule has 0 spiro atoms. The number of nitro benzene ring substituents is 1. The molecule has 44 heavy (non-hydrogen) atoms. The third-order valence-corrected chi connectivity index (χ3v) is 7.03. The van der Waals surface area contributed by atoms with Crippen LogP contribution in [0.5, 0.6) is 11.5 Å². The van der Waals surface area contributed by atoms with Crippen LogP contribution < -0.4 is 9.47 Å². The summed E-state index contributed by atoms with van der Waals surface area (Å²) in [7, 11) is 1.22. The first kappa shape index (κ1) is 34.1. The van der Waals surface area contributed by atoms with E-state index in [-0.39, 0.29) is 28.7 Å². The Morgan fingerprint density at radius 1 is 0.795 bits per heavy atom. The lowest BCUT2D eigenvalue weighted by Gasteiger charge is -2.15. The Morgan fingerprint density at radius 2 is 1.34 bits per heavy atom. The lowest BCUT2D eigenvalue weighted by molar-refractivity contribution is -0.386. The summed E-state index contributed by atoms with van der Waals surface area (Å²) in [6.45, 7) is 3.38. The quantitative estimate of drug-likeness (QED) is 0.0592. The third-order valence-electron chi connectivity index (χ3n) is 7.03. The Labute approximate surface area is 258 Å². The molecular weight excluding hydrogens is 566 g/mol. The van der Waals surface area contributed by atoms with Gasteiger partial charge in [0, 0.05) is 12.7 Å². The molecule has 0 aliphatic heterocycles. The van der Waals surface area contributed by atoms with Gasteiger partial charge in [-0.25, -0.2) is 9.59 Å². The summed E-state index contributed by atoms with van der Waals surface area (Å²) in [4.78, 5) is 33.5. The molecule has 10 heteroatoms. The molecule has 236 valence electrons. The second-order valence-corrected chi connectivity index (χ2v) is 10.5. The summed E-state index contributed by atoms with van der Waals surface area (Å²) >= 11 is 0. The minimum absolute atomic E-state index is 0.0861. The van der Waals surface area contributed by atoms with Gasteiger partial charge in [-0.1, -0.05) is 62.8 Å². The molecule has 0 radical (unpaired) electrons. The molecule has 0 heterocycles. The average Bonchev–Trinajstić information content (AvgIpc) is 3.03. The van der Waals surface area contributed by atoms with Crippen molar-refractivity contribution in [2.24, 2.45) is 0 Å². The van der Waals surface area contributed by atoms with E-state index in [1.807, 2.05) is 36.4 Å². The Balaban J connectivity index is 1.18. The van der Waals surface area contributed by atoms with Gasteiger partial charge in [0.1, 0.15) is 11.9 Å². The Hall–Kier alpha value is -4.44. The first-order valence-electron chi connectivity index (χ1n) is 15.0. The Kier molecular flexibility index (Phi) is 14.1. The van der Waals surface area contributed by atoms with Crippen molar-refractivity contribution in [1.29, 1.82) is 0 Å². The van der Waals surface area contributed by atoms with Crippen molar-refractivity contribution in [3.05, 3.63) is 88.0 Å². The summed E-state index contributed by atoms with van der Waals surface area (Å²) < 4.78 is 21.9. The smallest absolute Gasteiger partial charge is 0.338 e. The molecule has 1 N–H and O–H groups in total. The summed E-state index contributed by atoms with van der Waals surface area (Å²) in [6, 6.07) is 18.7. The summed E-state index contributed by atoms with van der Waals surface area (Å²) in [5.74, 6) is -0.663. The van der Waals surface area contributed by atoms with Gasteiger partial charge in [0.2, 0.25) is 0 Å². The maximum atomic E-state index is 11.6. The SMILES string of the molecule is COC(=O)c1ccc(OC(C)COCCCCCCCCCCOc2ccc(-c3ccc(C(=O)O)cc3)cc2)c([N+](=O)[O-])c1. The molecule has 3 aromatic rings. The zero-order chi connectivity index (χ0) is 31.7. The van der Waals surface area contributed by atoms with Crippen LogP contribution in [0.4, 0.5) is 5.69 Å². The van der Waals surface area contributed by atoms with E-state index in [0.717, 1.165) is 55.0 Å². The molecule has 10 nitrogen and oxygen atoms in total. The molecule has 1 atom stereocenters. The average molecular weight is 608 g/mol. The number of carboxylic acids is 1. The van der Waals surface area contributed by atoms with E-state index in [4.69, 9.17) is 19.3 Å². The van der Waals surface area contributed by atoms with Crippen molar-refractivity contribution < 1.29 is 38.6 Å². The number of carbonyl (C=O) groups is 2. The van der Waals surface area contributed by atoms with Crippen LogP contribution in [0.15, 0.2) is 66.7 Å². The van der Waals surface area contributed by atoms with Crippen LogP contribution in [0.3, 0.4) is 0 Å². The summed E-state index contributed by atoms with van der Waals surface area (Å²) in [6.07, 6.45) is 8.46. The largest absolute Gasteiger partial charge is 0.494 e. The molecule has 0 bridgehead atoms. The molecule has 0 amide bonds. The Bertz CT molecular complexity index is 1340. The van der Waals surface area contributed by atoms with Crippen LogP contribution in [0.25, 0.3) is 11.1 Å². The van der Waals surface area contributed by atoms with Crippen molar-refractivity contribution in [3.8, 4) is 22.6 Å². The highest BCUT2D eigenvalue weighted by atomic mass is 16.6. The molecule has 0 saturated heterocycles. The minimum Gasteiger partial charge on any atom is -0.494 e. The number of ether oxygens (including phenoxy) is 4. The highest BCUT2D eigenvalue weighted by Gasteiger charge is 2.21. The monoisotopic (exact) mass is 607 g/mol. The number of aromatic carboxylic acids is 1. The van der Waals surface area contributed by atoms with Gasteiger partial charge in [0.25, 0.3) is 0 Å². The number of nitro groups is 1. The van der Waals surface area contributed by atoms with E-state index >= 15 is 0 Å². The summed E-state index contributed by atoms with van der Waals surface area (Å²) in [5.41, 5.74) is 2.05. The number of methoxy groups -OCH3 is 1. The normalized spacial score (nSPS) is 11.5. The van der Waals surface area contributed by atoms with Gasteiger partial charge in [0.05, 0.1) is 36.4 Å². The molecule has 3 rings (SSSR count). The fourth-order valence-electron chi connectivity index (χ4n) is 4.61. The molecule has 0 aromatic heterocycles. The number of hydrogen-bond acceptors (Lipinski definition) is 8. The minimum atomic E-state index is -0.931. The van der Waals surface area contributed by atoms with Gasteiger partial charge in [-0.3, -0.25) is 10.1 Å². The molecule has 0 fully saturated rings. The van der Waals surface area contributed by atoms with E-state index in [1.54, 1.807) is 19.1 Å². The first-order valence-corrected chi connectivity index (χ1v) is 15.0. The molecule has 0 aliphatic carbocycles. The molecular formula is C34H41NO9. The third kappa shape index (κ3) is 11.3. The number of hydrogen-bond donors (Lipinski definition) is 1. The number of unbranched alkanes of at least 4 members (excludes halogenated alkanes) is 7. The number of nitrogens with zero attached hydrogens (tertiary/aromatic N) is 1. The number of carboxylic acid groups (broad SMARTS) is 1. The van der Waals surface area contributed by atoms with Gasteiger partial charge in [-0.2, -0.15) is 0 Å². The van der Waals surface area contributed by atoms with Crippen molar-refractivity contribution in [3.63, 3.8) is 0 Å². The van der Waals surface area contributed by atoms with Crippen LogP contribution in [0, 0.1) is 10.1 Å². The standard InChI is InChI=1S/C34H41NO9/c1-25(44-32-20-17-29(34(38)41-2)23-31(32)35(39)40)24-42-21-9-7-5-3-4-6-8-10-22-43-30-18-15-27(16-19-30)26-11-13-28(14-12-26)33(36)37/h11-20,23,25H,3-10,21-22,24H2,1-2H3,(H,36,37). The first-order chi connectivity index (χ1) is 21.3. The van der Waals surface area contributed by atoms with E-state index in [2.05, 4.69) is 4.74 Å². The van der Waals surface area contributed by atoms with Crippen molar-refractivity contribution in [2.45, 2.75) is 64.4 Å². The highest BCUT2D eigenvalue weighted by Crippen LogP contribution is 2.29. The van der Waals surface area contributed by atoms with Gasteiger partial charge in [-0.05, 0) is 67.3 Å². The predicted molar refractivity (Wildman–Crippen MR) is 167 cm³/mol. The maximum absolute atomic E-state index is 11.6. The van der Waals surface area contributed by atoms with Crippen molar-refractivity contribution in [2.75, 3.05) is 26.9 Å². The van der Waals surface area contributed by atoms with Crippen LogP contribution in [-0.4, -0.2) is 55.0 Å². The topological polar surface area (TPSA) is 134 Å². The molecule has 1 unspecified atom stereocenters. The number of benzene rings is 3. The van der Waals surface area contributed by atoms with Gasteiger partial charge in [-0.15, -0.1) is 0 Å². The zero-order valence-electron chi connectivity index (χ0n) is 25.4. The van der Waals surface area contributed by atoms with Gasteiger partial charge >= 0.3 is 17.6 Å². The maximum Gasteiger partial charge on any atom is 0.338 e. The van der Waals surface area contributed by atoms with E-state index in [9.17, 15) is 19.7 Å². The van der Waals surface area contributed by atoms with E-state index in [0.29, 0.717) is 19.8 Å². The lowest BCUT2D eigenvalue weighted by Crippen LogP contribution is -2.20. The molecule has 3 aromatic carbocycles. The molecule has 0 saturated carbocycles. The molecule has 0 aliphatic rings. The van der Waals surface area contributed by atoms with Crippen molar-refractivity contribution >= 4 is 17.6 Å². The fraction of sp³-hybridized carbons (Fsp3) is 0.412. The number of carbonyl (C=O) groups excluding carboxylic acids is 1. The van der Waals surface area contributed by atoms with Crippen LogP contribution in [0.1, 0.15) is 79.0 Å². The lowest BCUT2D eigenvalue weighted by atomic mass is 10.0. The number of rotatable bonds is 20. The van der Waals surface area contributed by atoms with Crippen LogP contribution >= 0.6 is 0 Å². The van der Waals surface area contributed by atoms with E-state index in [1.165, 1.54) is 38.5 Å². The predicted octanol–water partition coefficient (Wildman–Crippen LogP) is 7.73. The second kappa shape index (κ2) is 18.3. The van der Waals surface area contributed by atoms with Gasteiger partial charge in [0.15, 0.2) is 5.75 Å². The fourth-order valence-corrected chi connectivity index (χ4v) is 4.61. The van der Waals surface area contributed by atoms with Gasteiger partial charge < -0.3 is 24.1 Å². The van der Waals surface area contributed by atoms with Crippen molar-refractivity contribution in [1.82, 2.24) is 0 Å². The highest BCUT2D eigenvalue weighted by molar-refractivity contribution is 5.90. The van der Waals surface area contributed by atoms with Crippen LogP contribution in [-0.2, 0) is 9.47 Å². The zero-order valence-corrected chi connectivity index (χ0v) is 25.4. The van der Waals surface area contributed by atoms with E-state index < -0.39 is 16.9 Å². The Morgan fingerprint density at radius 3 is 1.91 bits per heavy atom. The summed E-state index contributed by atoms with van der Waals surface area (Å²) in [5, 5.41) is 20.4. The second-order valence-electron chi connectivity index (χ2n) is 10.5. The number of esters is 1. The van der Waals surface area contributed by atoms with Crippen LogP contribution in [0.2, 0.25) is 0 Å².